The number of ether oxygens (including phenoxy) is 2. The van der Waals surface area contributed by atoms with E-state index in [0.717, 1.165) is 11.8 Å². The molecule has 1 fully saturated rings. The van der Waals surface area contributed by atoms with Gasteiger partial charge in [-0.2, -0.15) is 0 Å². The molecule has 6 N–H and O–H groups in total. The first-order valence-electron chi connectivity index (χ1n) is 14.8. The van der Waals surface area contributed by atoms with Gasteiger partial charge < -0.3 is 48.9 Å². The normalized spacial score (nSPS) is 20.6. The minimum absolute atomic E-state index is 0.0121. The Morgan fingerprint density at radius 3 is 1.98 bits per heavy atom. The summed E-state index contributed by atoms with van der Waals surface area (Å²) in [6.07, 6.45) is -5.07. The molecule has 6 aromatic rings. The third-order valence-electron chi connectivity index (χ3n) is 7.90. The number of hydrogen-bond donors (Lipinski definition) is 6. The second-order valence-corrected chi connectivity index (χ2v) is 11.0. The van der Waals surface area contributed by atoms with Crippen molar-refractivity contribution >= 4 is 21.9 Å². The number of aliphatic hydroxyl groups is 4. The summed E-state index contributed by atoms with van der Waals surface area (Å²) in [5.74, 6) is -0.713. The lowest BCUT2D eigenvalue weighted by Crippen LogP contribution is -2.60. The highest BCUT2D eigenvalue weighted by Crippen LogP contribution is 2.37. The van der Waals surface area contributed by atoms with Crippen LogP contribution in [0.4, 0.5) is 0 Å². The smallest absolute Gasteiger partial charge is 0.229 e. The van der Waals surface area contributed by atoms with E-state index in [0.29, 0.717) is 22.1 Å². The highest BCUT2D eigenvalue weighted by Gasteiger charge is 2.45. The van der Waals surface area contributed by atoms with Gasteiger partial charge in [-0.3, -0.25) is 9.59 Å². The Morgan fingerprint density at radius 2 is 1.27 bits per heavy atom. The predicted octanol–water partition coefficient (Wildman–Crippen LogP) is 3.51. The molecule has 0 radical (unpaired) electrons. The fourth-order valence-electron chi connectivity index (χ4n) is 5.29. The molecule has 7 rings (SSSR count). The van der Waals surface area contributed by atoms with Gasteiger partial charge in [0.15, 0.2) is 16.8 Å². The molecular weight excluding hydrogens is 624 g/mol. The lowest BCUT2D eigenvalue weighted by atomic mass is 9.99. The van der Waals surface area contributed by atoms with Crippen LogP contribution in [0.2, 0.25) is 0 Å². The number of fused-ring (bicyclic) bond motifs is 2. The fraction of sp³-hybridized carbons (Fsp3) is 0.167. The van der Waals surface area contributed by atoms with Crippen LogP contribution < -0.4 is 15.6 Å². The first-order chi connectivity index (χ1) is 23.2. The highest BCUT2D eigenvalue weighted by atomic mass is 16.7. The number of phenolic OH excluding ortho intramolecular Hbond substituents is 2. The van der Waals surface area contributed by atoms with E-state index in [1.807, 2.05) is 42.5 Å². The summed E-state index contributed by atoms with van der Waals surface area (Å²) in [5, 5.41) is 59.7. The van der Waals surface area contributed by atoms with E-state index in [4.69, 9.17) is 18.3 Å². The third-order valence-corrected chi connectivity index (χ3v) is 7.90. The summed E-state index contributed by atoms with van der Waals surface area (Å²) in [4.78, 5) is 25.2. The van der Waals surface area contributed by atoms with E-state index in [-0.39, 0.29) is 33.5 Å². The van der Waals surface area contributed by atoms with Gasteiger partial charge in [-0.25, -0.2) is 0 Å². The van der Waals surface area contributed by atoms with Crippen molar-refractivity contribution in [1.82, 2.24) is 0 Å². The Labute approximate surface area is 271 Å². The molecule has 5 atom stereocenters. The summed E-state index contributed by atoms with van der Waals surface area (Å²) in [5.41, 5.74) is 2.25. The maximum Gasteiger partial charge on any atom is 0.229 e. The van der Waals surface area contributed by atoms with Gasteiger partial charge in [-0.1, -0.05) is 54.6 Å². The molecule has 12 heteroatoms. The maximum absolute atomic E-state index is 13.0. The van der Waals surface area contributed by atoms with Gasteiger partial charge in [0.1, 0.15) is 48.3 Å². The van der Waals surface area contributed by atoms with E-state index >= 15 is 0 Å². The molecule has 0 spiro atoms. The number of aromatic hydroxyl groups is 2. The molecule has 48 heavy (non-hydrogen) atoms. The minimum Gasteiger partial charge on any atom is -0.508 e. The number of aliphatic hydroxyl groups excluding tert-OH is 4. The van der Waals surface area contributed by atoms with Crippen molar-refractivity contribution in [3.8, 4) is 39.5 Å². The second kappa shape index (κ2) is 13.7. The molecular formula is C36H30O12. The van der Waals surface area contributed by atoms with Crippen LogP contribution in [0, 0.1) is 0 Å². The summed E-state index contributed by atoms with van der Waals surface area (Å²) in [6, 6.07) is 25.3. The lowest BCUT2D eigenvalue weighted by Gasteiger charge is -2.39. The number of benzene rings is 4. The van der Waals surface area contributed by atoms with Gasteiger partial charge in [-0.15, -0.1) is 0 Å². The predicted molar refractivity (Wildman–Crippen MR) is 174 cm³/mol. The molecule has 0 bridgehead atoms. The largest absolute Gasteiger partial charge is 0.508 e. The third kappa shape index (κ3) is 6.26. The Morgan fingerprint density at radius 1 is 0.646 bits per heavy atom. The van der Waals surface area contributed by atoms with Crippen LogP contribution in [0.3, 0.4) is 0 Å². The standard InChI is InChI=1S/C21H20O10.C15H10O2/c22-7-14-16(26)17(27)18(28)21(30-14)31-20-13(24)6-5-11-15(25)12(8-29-19(11)20)9-1-3-10(23)4-2-9;16-15-12-8-4-5-9-14(12)17-10-13(15)11-6-2-1-3-7-11/h1-6,8,14,16-18,21-24,26-28H,7H2;1-10H/t14-,16-,17+,18-,21+;/m1./s1. The van der Waals surface area contributed by atoms with E-state index in [2.05, 4.69) is 0 Å². The van der Waals surface area contributed by atoms with E-state index in [1.54, 1.807) is 24.3 Å². The Hall–Kier alpha value is -5.50. The van der Waals surface area contributed by atoms with Crippen molar-refractivity contribution in [2.75, 3.05) is 6.61 Å². The number of para-hydroxylation sites is 1. The topological polar surface area (TPSA) is 200 Å². The zero-order chi connectivity index (χ0) is 33.9. The molecule has 4 aromatic carbocycles. The molecule has 0 saturated carbocycles. The van der Waals surface area contributed by atoms with Crippen molar-refractivity contribution in [3.05, 3.63) is 124 Å². The van der Waals surface area contributed by atoms with E-state index in [1.165, 1.54) is 30.5 Å². The van der Waals surface area contributed by atoms with Crippen LogP contribution in [-0.4, -0.2) is 68.0 Å². The van der Waals surface area contributed by atoms with Crippen LogP contribution >= 0.6 is 0 Å². The molecule has 1 aliphatic rings. The molecule has 1 saturated heterocycles. The van der Waals surface area contributed by atoms with Crippen LogP contribution in [-0.2, 0) is 4.74 Å². The molecule has 0 amide bonds. The van der Waals surface area contributed by atoms with Crippen molar-refractivity contribution in [1.29, 1.82) is 0 Å². The fourth-order valence-corrected chi connectivity index (χ4v) is 5.29. The second-order valence-electron chi connectivity index (χ2n) is 11.0. The van der Waals surface area contributed by atoms with Crippen LogP contribution in [0.1, 0.15) is 0 Å². The zero-order valence-corrected chi connectivity index (χ0v) is 25.0. The Balaban J connectivity index is 0.000000198. The van der Waals surface area contributed by atoms with Gasteiger partial charge >= 0.3 is 0 Å². The Kier molecular flexibility index (Phi) is 9.26. The first-order valence-corrected chi connectivity index (χ1v) is 14.8. The van der Waals surface area contributed by atoms with Gasteiger partial charge in [-0.05, 0) is 47.5 Å². The average molecular weight is 655 g/mol. The quantitative estimate of drug-likeness (QED) is 0.158. The number of phenols is 2. The monoisotopic (exact) mass is 654 g/mol. The van der Waals surface area contributed by atoms with Crippen molar-refractivity contribution < 1.29 is 48.9 Å². The van der Waals surface area contributed by atoms with Crippen molar-refractivity contribution in [2.24, 2.45) is 0 Å². The van der Waals surface area contributed by atoms with Crippen LogP contribution in [0.15, 0.2) is 122 Å². The summed E-state index contributed by atoms with van der Waals surface area (Å²) in [7, 11) is 0. The minimum atomic E-state index is -1.71. The van der Waals surface area contributed by atoms with E-state index in [9.17, 15) is 40.2 Å². The van der Waals surface area contributed by atoms with Crippen LogP contribution in [0.25, 0.3) is 44.2 Å². The lowest BCUT2D eigenvalue weighted by molar-refractivity contribution is -0.277. The van der Waals surface area contributed by atoms with E-state index < -0.39 is 48.5 Å². The molecule has 246 valence electrons. The summed E-state index contributed by atoms with van der Waals surface area (Å²) >= 11 is 0. The first kappa shape index (κ1) is 32.4. The molecule has 3 heterocycles. The zero-order valence-electron chi connectivity index (χ0n) is 25.0. The van der Waals surface area contributed by atoms with Gasteiger partial charge in [0.25, 0.3) is 0 Å². The van der Waals surface area contributed by atoms with Crippen molar-refractivity contribution in [2.45, 2.75) is 30.7 Å². The van der Waals surface area contributed by atoms with Gasteiger partial charge in [0, 0.05) is 0 Å². The molecule has 2 aromatic heterocycles. The SMILES string of the molecule is O=c1c(-c2ccc(O)cc2)coc2c(O[C@@H]3O[C@H](CO)[C@@H](O)[C@H](O)[C@H]3O)c(O)ccc12.O=c1c(-c2ccccc2)coc2ccccc12. The average Bonchev–Trinajstić information content (AvgIpc) is 3.11. The number of rotatable bonds is 5. The van der Waals surface area contributed by atoms with Gasteiger partial charge in [0.05, 0.1) is 28.5 Å². The van der Waals surface area contributed by atoms with Crippen LogP contribution in [0.5, 0.6) is 17.2 Å². The number of hydrogen-bond acceptors (Lipinski definition) is 12. The summed E-state index contributed by atoms with van der Waals surface area (Å²) < 4.78 is 21.8. The molecule has 0 unspecified atom stereocenters. The molecule has 0 aliphatic carbocycles. The molecule has 1 aliphatic heterocycles. The maximum atomic E-state index is 13.0. The van der Waals surface area contributed by atoms with Crippen molar-refractivity contribution in [3.63, 3.8) is 0 Å². The highest BCUT2D eigenvalue weighted by molar-refractivity contribution is 5.88. The summed E-state index contributed by atoms with van der Waals surface area (Å²) in [6.45, 7) is -0.655. The van der Waals surface area contributed by atoms with Gasteiger partial charge in [0.2, 0.25) is 17.5 Å². The Bertz CT molecular complexity index is 2160. The molecule has 12 nitrogen and oxygen atoms in total.